The molecule has 1 aromatic carbocycles. The zero-order valence-corrected chi connectivity index (χ0v) is 13.3. The summed E-state index contributed by atoms with van der Waals surface area (Å²) in [4.78, 5) is 1.99. The molecule has 0 unspecified atom stereocenters. The average molecular weight is 282 g/mol. The van der Waals surface area contributed by atoms with Crippen LogP contribution in [0.2, 0.25) is 0 Å². The minimum atomic E-state index is -0.170. The van der Waals surface area contributed by atoms with Gasteiger partial charge in [-0.25, -0.2) is 4.39 Å². The second kappa shape index (κ2) is 7.60. The van der Waals surface area contributed by atoms with Crippen LogP contribution in [-0.4, -0.2) is 32.3 Å². The fourth-order valence-corrected chi connectivity index (χ4v) is 1.93. The molecule has 1 aromatic rings. The van der Waals surface area contributed by atoms with Gasteiger partial charge < -0.3 is 15.0 Å². The van der Waals surface area contributed by atoms with Gasteiger partial charge in [0.1, 0.15) is 5.82 Å². The molecule has 0 spiro atoms. The number of nitrogens with one attached hydrogen (secondary N) is 1. The van der Waals surface area contributed by atoms with Crippen molar-refractivity contribution in [3.8, 4) is 0 Å². The summed E-state index contributed by atoms with van der Waals surface area (Å²) >= 11 is 0. The van der Waals surface area contributed by atoms with Gasteiger partial charge in [-0.2, -0.15) is 0 Å². The number of likely N-dealkylation sites (N-methyl/N-ethyl adjacent to an activating group) is 1. The first kappa shape index (κ1) is 16.9. The second-order valence-corrected chi connectivity index (χ2v) is 5.96. The van der Waals surface area contributed by atoms with E-state index in [1.807, 2.05) is 24.0 Å². The van der Waals surface area contributed by atoms with Crippen molar-refractivity contribution in [2.24, 2.45) is 0 Å². The first-order valence-electron chi connectivity index (χ1n) is 7.14. The molecular formula is C16H27FN2O. The highest BCUT2D eigenvalue weighted by Gasteiger charge is 2.12. The van der Waals surface area contributed by atoms with Gasteiger partial charge >= 0.3 is 0 Å². The highest BCUT2D eigenvalue weighted by Crippen LogP contribution is 2.20. The van der Waals surface area contributed by atoms with Crippen LogP contribution >= 0.6 is 0 Å². The highest BCUT2D eigenvalue weighted by molar-refractivity contribution is 5.49. The van der Waals surface area contributed by atoms with Gasteiger partial charge in [0.05, 0.1) is 12.3 Å². The molecule has 0 saturated heterocycles. The Balaban J connectivity index is 2.76. The first-order chi connectivity index (χ1) is 9.37. The number of anilines is 1. The number of methoxy groups -OCH3 is 1. The van der Waals surface area contributed by atoms with Crippen LogP contribution in [0.25, 0.3) is 0 Å². The molecule has 0 saturated carbocycles. The van der Waals surface area contributed by atoms with Crippen molar-refractivity contribution in [1.29, 1.82) is 0 Å². The quantitative estimate of drug-likeness (QED) is 0.831. The maximum absolute atomic E-state index is 14.2. The van der Waals surface area contributed by atoms with Crippen LogP contribution in [0.4, 0.5) is 10.1 Å². The van der Waals surface area contributed by atoms with Crippen LogP contribution in [0.3, 0.4) is 0 Å². The summed E-state index contributed by atoms with van der Waals surface area (Å²) in [7, 11) is 1.66. The Labute approximate surface area is 122 Å². The molecule has 0 fully saturated rings. The minimum Gasteiger partial charge on any atom is -0.383 e. The molecule has 0 aromatic heterocycles. The van der Waals surface area contributed by atoms with Crippen LogP contribution in [0.15, 0.2) is 18.2 Å². The Hall–Kier alpha value is -1.13. The van der Waals surface area contributed by atoms with Gasteiger partial charge in [-0.15, -0.1) is 0 Å². The molecule has 0 heterocycles. The maximum atomic E-state index is 14.2. The van der Waals surface area contributed by atoms with E-state index in [0.29, 0.717) is 25.4 Å². The molecule has 0 atom stereocenters. The molecule has 4 heteroatoms. The first-order valence-corrected chi connectivity index (χ1v) is 7.14. The summed E-state index contributed by atoms with van der Waals surface area (Å²) in [5, 5.41) is 3.36. The smallest absolute Gasteiger partial charge is 0.146 e. The fourth-order valence-electron chi connectivity index (χ4n) is 1.93. The van der Waals surface area contributed by atoms with E-state index in [1.54, 1.807) is 13.2 Å². The van der Waals surface area contributed by atoms with Gasteiger partial charge in [-0.3, -0.25) is 0 Å². The molecule has 0 aliphatic heterocycles. The monoisotopic (exact) mass is 282 g/mol. The number of rotatable bonds is 7. The van der Waals surface area contributed by atoms with Gasteiger partial charge in [-0.05, 0) is 45.4 Å². The molecule has 0 aliphatic rings. The summed E-state index contributed by atoms with van der Waals surface area (Å²) in [6.45, 7) is 11.0. The summed E-state index contributed by atoms with van der Waals surface area (Å²) in [5.74, 6) is -0.170. The van der Waals surface area contributed by atoms with E-state index in [-0.39, 0.29) is 11.4 Å². The lowest BCUT2D eigenvalue weighted by Gasteiger charge is -2.24. The lowest BCUT2D eigenvalue weighted by Crippen LogP contribution is -2.35. The number of nitrogens with zero attached hydrogens (tertiary/aromatic N) is 1. The van der Waals surface area contributed by atoms with E-state index in [9.17, 15) is 4.39 Å². The normalized spacial score (nSPS) is 11.7. The van der Waals surface area contributed by atoms with Crippen molar-refractivity contribution in [1.82, 2.24) is 5.32 Å². The predicted molar refractivity (Wildman–Crippen MR) is 82.8 cm³/mol. The van der Waals surface area contributed by atoms with Gasteiger partial charge in [0.15, 0.2) is 0 Å². The largest absolute Gasteiger partial charge is 0.383 e. The third kappa shape index (κ3) is 5.47. The van der Waals surface area contributed by atoms with Crippen molar-refractivity contribution in [3.63, 3.8) is 0 Å². The zero-order chi connectivity index (χ0) is 15.2. The Morgan fingerprint density at radius 1 is 1.30 bits per heavy atom. The van der Waals surface area contributed by atoms with Gasteiger partial charge in [-0.1, -0.05) is 6.07 Å². The van der Waals surface area contributed by atoms with Crippen molar-refractivity contribution in [2.75, 3.05) is 31.7 Å². The lowest BCUT2D eigenvalue weighted by molar-refractivity contribution is 0.205. The minimum absolute atomic E-state index is 0.0308. The molecule has 0 aliphatic carbocycles. The van der Waals surface area contributed by atoms with E-state index in [4.69, 9.17) is 4.74 Å². The van der Waals surface area contributed by atoms with E-state index < -0.39 is 0 Å². The number of halogens is 1. The van der Waals surface area contributed by atoms with Crippen LogP contribution in [0.5, 0.6) is 0 Å². The molecule has 0 amide bonds. The molecule has 0 bridgehead atoms. The van der Waals surface area contributed by atoms with Crippen molar-refractivity contribution in [3.05, 3.63) is 29.6 Å². The Kier molecular flexibility index (Phi) is 6.43. The molecule has 114 valence electrons. The van der Waals surface area contributed by atoms with Crippen molar-refractivity contribution >= 4 is 5.69 Å². The maximum Gasteiger partial charge on any atom is 0.146 e. The van der Waals surface area contributed by atoms with Crippen LogP contribution in [0, 0.1) is 5.82 Å². The van der Waals surface area contributed by atoms with Crippen LogP contribution < -0.4 is 10.2 Å². The second-order valence-electron chi connectivity index (χ2n) is 5.96. The number of benzene rings is 1. The van der Waals surface area contributed by atoms with E-state index in [2.05, 4.69) is 26.1 Å². The van der Waals surface area contributed by atoms with Crippen LogP contribution in [0.1, 0.15) is 33.3 Å². The Morgan fingerprint density at radius 2 is 2.00 bits per heavy atom. The summed E-state index contributed by atoms with van der Waals surface area (Å²) in [5.41, 5.74) is 1.64. The summed E-state index contributed by atoms with van der Waals surface area (Å²) < 4.78 is 19.3. The Morgan fingerprint density at radius 3 is 2.50 bits per heavy atom. The lowest BCUT2D eigenvalue weighted by atomic mass is 10.1. The average Bonchev–Trinajstić information content (AvgIpc) is 2.38. The summed E-state index contributed by atoms with van der Waals surface area (Å²) in [6, 6.07) is 5.45. The molecular weight excluding hydrogens is 255 g/mol. The van der Waals surface area contributed by atoms with Gasteiger partial charge in [0.25, 0.3) is 0 Å². The van der Waals surface area contributed by atoms with Crippen LogP contribution in [-0.2, 0) is 11.3 Å². The Bertz CT molecular complexity index is 415. The topological polar surface area (TPSA) is 24.5 Å². The number of hydrogen-bond acceptors (Lipinski definition) is 3. The number of ether oxygens (including phenoxy) is 1. The number of hydrogen-bond donors (Lipinski definition) is 1. The fraction of sp³-hybridized carbons (Fsp3) is 0.625. The zero-order valence-electron chi connectivity index (χ0n) is 13.3. The highest BCUT2D eigenvalue weighted by atomic mass is 19.1. The molecule has 1 rings (SSSR count). The van der Waals surface area contributed by atoms with Gasteiger partial charge in [0.2, 0.25) is 0 Å². The van der Waals surface area contributed by atoms with E-state index >= 15 is 0 Å². The van der Waals surface area contributed by atoms with Crippen molar-refractivity contribution < 1.29 is 9.13 Å². The molecule has 1 N–H and O–H groups in total. The van der Waals surface area contributed by atoms with Gasteiger partial charge in [0, 0.05) is 32.3 Å². The van der Waals surface area contributed by atoms with Crippen molar-refractivity contribution in [2.45, 2.75) is 39.8 Å². The molecule has 3 nitrogen and oxygen atoms in total. The third-order valence-electron chi connectivity index (χ3n) is 3.12. The standard InChI is InChI=1S/C16H27FN2O/c1-6-19(9-10-20-5)15-8-7-13(11-14(15)17)12-18-16(2,3)4/h7-8,11,18H,6,9-10,12H2,1-5H3. The molecule has 0 radical (unpaired) electrons. The summed E-state index contributed by atoms with van der Waals surface area (Å²) in [6.07, 6.45) is 0. The van der Waals surface area contributed by atoms with E-state index in [0.717, 1.165) is 12.1 Å². The molecule has 20 heavy (non-hydrogen) atoms. The van der Waals surface area contributed by atoms with E-state index in [1.165, 1.54) is 0 Å². The SMILES string of the molecule is CCN(CCOC)c1ccc(CNC(C)(C)C)cc1F. The third-order valence-corrected chi connectivity index (χ3v) is 3.12. The predicted octanol–water partition coefficient (Wildman–Crippen LogP) is 3.19.